The molecule has 1 aliphatic heterocycles. The summed E-state index contributed by atoms with van der Waals surface area (Å²) >= 11 is 12.1. The monoisotopic (exact) mass is 391 g/mol. The number of carbonyl (C=O) groups excluding carboxylic acids is 1. The molecule has 3 rings (SSSR count). The third-order valence-corrected chi connectivity index (χ3v) is 5.32. The third kappa shape index (κ3) is 4.79. The van der Waals surface area contributed by atoms with E-state index >= 15 is 0 Å². The zero-order chi connectivity index (χ0) is 18.7. The maximum Gasteiger partial charge on any atom is 0.176 e. The molecule has 1 atom stereocenters. The van der Waals surface area contributed by atoms with E-state index in [-0.39, 0.29) is 11.9 Å². The molecule has 2 aromatic carbocycles. The molecule has 1 heterocycles. The molecule has 0 N–H and O–H groups in total. The molecule has 0 radical (unpaired) electrons. The average molecular weight is 392 g/mol. The van der Waals surface area contributed by atoms with E-state index in [0.29, 0.717) is 28.1 Å². The van der Waals surface area contributed by atoms with Crippen LogP contribution in [-0.4, -0.2) is 36.4 Å². The lowest BCUT2D eigenvalue weighted by Gasteiger charge is -2.16. The van der Waals surface area contributed by atoms with E-state index in [1.165, 1.54) is 5.56 Å². The zero-order valence-corrected chi connectivity index (χ0v) is 16.6. The number of ketones is 1. The van der Waals surface area contributed by atoms with Crippen LogP contribution in [0.15, 0.2) is 42.5 Å². The molecule has 1 saturated heterocycles. The van der Waals surface area contributed by atoms with Crippen molar-refractivity contribution in [3.05, 3.63) is 63.6 Å². The summed E-state index contributed by atoms with van der Waals surface area (Å²) in [5.41, 5.74) is 1.88. The number of nitrogens with zero attached hydrogens (tertiary/aromatic N) is 1. The number of hydrogen-bond donors (Lipinski definition) is 0. The highest BCUT2D eigenvalue weighted by molar-refractivity contribution is 6.42. The fraction of sp³-hybridized carbons (Fsp3) is 0.381. The van der Waals surface area contributed by atoms with Gasteiger partial charge in [0.1, 0.15) is 5.75 Å². The predicted molar refractivity (Wildman–Crippen MR) is 107 cm³/mol. The van der Waals surface area contributed by atoms with Crippen molar-refractivity contribution < 1.29 is 9.53 Å². The molecule has 26 heavy (non-hydrogen) atoms. The number of ether oxygens (including phenoxy) is 1. The molecular weight excluding hydrogens is 369 g/mol. The first kappa shape index (κ1) is 19.2. The van der Waals surface area contributed by atoms with Gasteiger partial charge in [-0.05, 0) is 62.6 Å². The summed E-state index contributed by atoms with van der Waals surface area (Å²) in [6, 6.07) is 13.2. The van der Waals surface area contributed by atoms with Crippen LogP contribution in [0.25, 0.3) is 0 Å². The Kier molecular flexibility index (Phi) is 6.23. The first-order valence-corrected chi connectivity index (χ1v) is 9.65. The van der Waals surface area contributed by atoms with Gasteiger partial charge in [-0.3, -0.25) is 9.69 Å². The molecule has 0 saturated carbocycles. The van der Waals surface area contributed by atoms with Crippen molar-refractivity contribution in [3.63, 3.8) is 0 Å². The largest absolute Gasteiger partial charge is 0.491 e. The van der Waals surface area contributed by atoms with E-state index < -0.39 is 0 Å². The normalized spacial score (nSPS) is 17.7. The average Bonchev–Trinajstić information content (AvgIpc) is 3.05. The molecule has 0 aliphatic carbocycles. The molecule has 1 fully saturated rings. The first-order chi connectivity index (χ1) is 12.4. The molecule has 2 aromatic rings. The number of halogens is 2. The van der Waals surface area contributed by atoms with Gasteiger partial charge < -0.3 is 4.74 Å². The van der Waals surface area contributed by atoms with E-state index in [1.54, 1.807) is 0 Å². The molecule has 3 nitrogen and oxygen atoms in total. The van der Waals surface area contributed by atoms with Gasteiger partial charge in [-0.25, -0.2) is 0 Å². The fourth-order valence-electron chi connectivity index (χ4n) is 3.32. The van der Waals surface area contributed by atoms with Gasteiger partial charge in [0.25, 0.3) is 0 Å². The summed E-state index contributed by atoms with van der Waals surface area (Å²) < 4.78 is 5.68. The highest BCUT2D eigenvalue weighted by atomic mass is 35.5. The Morgan fingerprint density at radius 3 is 2.73 bits per heavy atom. The number of benzene rings is 2. The van der Waals surface area contributed by atoms with E-state index in [0.717, 1.165) is 25.3 Å². The van der Waals surface area contributed by atoms with Crippen LogP contribution >= 0.6 is 23.2 Å². The highest BCUT2D eigenvalue weighted by Crippen LogP contribution is 2.31. The van der Waals surface area contributed by atoms with Gasteiger partial charge in [0.05, 0.1) is 22.7 Å². The lowest BCUT2D eigenvalue weighted by molar-refractivity contribution is 0.0944. The smallest absolute Gasteiger partial charge is 0.176 e. The molecule has 1 unspecified atom stereocenters. The Hall–Kier alpha value is -1.55. The van der Waals surface area contributed by atoms with Crippen LogP contribution in [0.2, 0.25) is 10.0 Å². The van der Waals surface area contributed by atoms with Crippen molar-refractivity contribution in [1.82, 2.24) is 4.90 Å². The summed E-state index contributed by atoms with van der Waals surface area (Å²) in [5.74, 6) is 1.24. The molecule has 0 aromatic heterocycles. The van der Waals surface area contributed by atoms with E-state index in [2.05, 4.69) is 4.90 Å². The van der Waals surface area contributed by atoms with Crippen LogP contribution < -0.4 is 4.74 Å². The summed E-state index contributed by atoms with van der Waals surface area (Å²) in [6.45, 7) is 6.12. The minimum Gasteiger partial charge on any atom is -0.491 e. The number of likely N-dealkylation sites (tertiary alicyclic amines) is 1. The minimum absolute atomic E-state index is 0.0888. The summed E-state index contributed by atoms with van der Waals surface area (Å²) in [5, 5.41) is 1.16. The van der Waals surface area contributed by atoms with Crippen LogP contribution in [0, 0.1) is 0 Å². The quantitative estimate of drug-likeness (QED) is 0.612. The number of rotatable bonds is 6. The van der Waals surface area contributed by atoms with Crippen molar-refractivity contribution in [3.8, 4) is 5.75 Å². The van der Waals surface area contributed by atoms with Gasteiger partial charge in [-0.2, -0.15) is 0 Å². The number of carbonyl (C=O) groups is 1. The van der Waals surface area contributed by atoms with Crippen molar-refractivity contribution in [2.24, 2.45) is 0 Å². The third-order valence-electron chi connectivity index (χ3n) is 4.58. The minimum atomic E-state index is 0.0888. The second-order valence-electron chi connectivity index (χ2n) is 7.01. The Morgan fingerprint density at radius 1 is 1.19 bits per heavy atom. The van der Waals surface area contributed by atoms with Crippen LogP contribution in [-0.2, 0) is 0 Å². The Balaban J connectivity index is 1.61. The standard InChI is InChI=1S/C21H23Cl2NO2/c1-14(2)26-18-5-3-4-16(10-18)21(25)13-24-9-8-17(12-24)15-6-7-19(22)20(23)11-15/h3-7,10-11,14,17H,8-9,12-13H2,1-2H3. The molecule has 0 spiro atoms. The van der Waals surface area contributed by atoms with Crippen molar-refractivity contribution in [2.45, 2.75) is 32.3 Å². The van der Waals surface area contributed by atoms with Gasteiger partial charge in [-0.1, -0.05) is 41.4 Å². The van der Waals surface area contributed by atoms with Gasteiger partial charge in [-0.15, -0.1) is 0 Å². The number of hydrogen-bond acceptors (Lipinski definition) is 3. The second-order valence-corrected chi connectivity index (χ2v) is 7.83. The zero-order valence-electron chi connectivity index (χ0n) is 15.0. The summed E-state index contributed by atoms with van der Waals surface area (Å²) in [6.07, 6.45) is 1.10. The lowest BCUT2D eigenvalue weighted by Crippen LogP contribution is -2.27. The van der Waals surface area contributed by atoms with Crippen LogP contribution in [0.1, 0.15) is 42.1 Å². The molecule has 5 heteroatoms. The van der Waals surface area contributed by atoms with Crippen LogP contribution in [0.4, 0.5) is 0 Å². The maximum atomic E-state index is 12.6. The van der Waals surface area contributed by atoms with Crippen molar-refractivity contribution in [1.29, 1.82) is 0 Å². The van der Waals surface area contributed by atoms with Crippen molar-refractivity contribution >= 4 is 29.0 Å². The fourth-order valence-corrected chi connectivity index (χ4v) is 3.63. The topological polar surface area (TPSA) is 29.5 Å². The first-order valence-electron chi connectivity index (χ1n) is 8.89. The van der Waals surface area contributed by atoms with Crippen molar-refractivity contribution in [2.75, 3.05) is 19.6 Å². The maximum absolute atomic E-state index is 12.6. The SMILES string of the molecule is CC(C)Oc1cccc(C(=O)CN2CCC(c3ccc(Cl)c(Cl)c3)C2)c1. The molecule has 138 valence electrons. The van der Waals surface area contributed by atoms with E-state index in [4.69, 9.17) is 27.9 Å². The Bertz CT molecular complexity index is 791. The molecule has 0 amide bonds. The van der Waals surface area contributed by atoms with Gasteiger partial charge in [0, 0.05) is 12.1 Å². The summed E-state index contributed by atoms with van der Waals surface area (Å²) in [7, 11) is 0. The second kappa shape index (κ2) is 8.43. The Morgan fingerprint density at radius 2 is 2.00 bits per heavy atom. The van der Waals surface area contributed by atoms with Gasteiger partial charge in [0.15, 0.2) is 5.78 Å². The Labute approximate surface area is 164 Å². The molecule has 1 aliphatic rings. The van der Waals surface area contributed by atoms with Crippen LogP contribution in [0.5, 0.6) is 5.75 Å². The van der Waals surface area contributed by atoms with Gasteiger partial charge in [0.2, 0.25) is 0 Å². The number of Topliss-reactive ketones (excluding diaryl/α,β-unsaturated/α-hetero) is 1. The lowest BCUT2D eigenvalue weighted by atomic mass is 9.99. The predicted octanol–water partition coefficient (Wildman–Crippen LogP) is 5.45. The molecule has 0 bridgehead atoms. The van der Waals surface area contributed by atoms with E-state index in [9.17, 15) is 4.79 Å². The van der Waals surface area contributed by atoms with E-state index in [1.807, 2.05) is 56.3 Å². The highest BCUT2D eigenvalue weighted by Gasteiger charge is 2.26. The summed E-state index contributed by atoms with van der Waals surface area (Å²) in [4.78, 5) is 14.8. The van der Waals surface area contributed by atoms with Gasteiger partial charge >= 0.3 is 0 Å². The molecular formula is C21H23Cl2NO2. The van der Waals surface area contributed by atoms with Crippen LogP contribution in [0.3, 0.4) is 0 Å².